The first kappa shape index (κ1) is 12.5. The molecule has 5 heteroatoms. The number of benzene rings is 1. The molecule has 2 N–H and O–H groups in total. The lowest BCUT2D eigenvalue weighted by atomic mass is 10.3. The summed E-state index contributed by atoms with van der Waals surface area (Å²) in [6.07, 6.45) is 0.826. The summed E-state index contributed by atoms with van der Waals surface area (Å²) in [5, 5.41) is 0. The summed E-state index contributed by atoms with van der Waals surface area (Å²) in [5.74, 6) is 1.38. The summed E-state index contributed by atoms with van der Waals surface area (Å²) in [6.45, 7) is 0.492. The topological polar surface area (TPSA) is 70.8 Å². The molecule has 0 radical (unpaired) electrons. The molecule has 0 aromatic heterocycles. The van der Waals surface area contributed by atoms with Crippen LogP contribution in [0.4, 0.5) is 5.69 Å². The molecule has 2 rings (SSSR count). The lowest BCUT2D eigenvalue weighted by molar-refractivity contribution is -0.142. The van der Waals surface area contributed by atoms with Crippen LogP contribution in [0, 0.1) is 11.8 Å². The predicted octanol–water partition coefficient (Wildman–Crippen LogP) is 1.47. The summed E-state index contributed by atoms with van der Waals surface area (Å²) in [6, 6.07) is 5.23. The highest BCUT2D eigenvalue weighted by atomic mass is 16.5. The summed E-state index contributed by atoms with van der Waals surface area (Å²) in [5.41, 5.74) is 6.31. The zero-order valence-electron chi connectivity index (χ0n) is 10.5. The van der Waals surface area contributed by atoms with E-state index in [9.17, 15) is 4.79 Å². The summed E-state index contributed by atoms with van der Waals surface area (Å²) >= 11 is 0. The Labute approximate surface area is 106 Å². The van der Waals surface area contributed by atoms with Crippen LogP contribution in [-0.4, -0.2) is 26.8 Å². The van der Waals surface area contributed by atoms with Crippen LogP contribution in [0.1, 0.15) is 6.42 Å². The minimum absolute atomic E-state index is 0.0158. The van der Waals surface area contributed by atoms with Crippen molar-refractivity contribution in [2.24, 2.45) is 11.8 Å². The van der Waals surface area contributed by atoms with E-state index in [0.717, 1.165) is 6.42 Å². The zero-order chi connectivity index (χ0) is 13.1. The largest absolute Gasteiger partial charge is 0.497 e. The van der Waals surface area contributed by atoms with Crippen molar-refractivity contribution >= 4 is 11.7 Å². The number of hydrogen-bond donors (Lipinski definition) is 1. The second-order valence-electron chi connectivity index (χ2n) is 4.38. The smallest absolute Gasteiger partial charge is 0.309 e. The van der Waals surface area contributed by atoms with Gasteiger partial charge in [-0.25, -0.2) is 0 Å². The van der Waals surface area contributed by atoms with E-state index in [0.29, 0.717) is 23.8 Å². The fourth-order valence-electron chi connectivity index (χ4n) is 1.87. The van der Waals surface area contributed by atoms with E-state index < -0.39 is 0 Å². The Balaban J connectivity index is 1.88. The maximum atomic E-state index is 11.2. The molecule has 98 valence electrons. The minimum Gasteiger partial charge on any atom is -0.497 e. The molecule has 1 fully saturated rings. The minimum atomic E-state index is -0.159. The number of hydrogen-bond acceptors (Lipinski definition) is 5. The fraction of sp³-hybridized carbons (Fsp3) is 0.462. The number of nitrogens with two attached hydrogens (primary N) is 1. The first-order chi connectivity index (χ1) is 8.63. The Morgan fingerprint density at radius 1 is 1.33 bits per heavy atom. The van der Waals surface area contributed by atoms with Gasteiger partial charge in [-0.2, -0.15) is 0 Å². The van der Waals surface area contributed by atoms with Crippen LogP contribution in [0.2, 0.25) is 0 Å². The number of anilines is 1. The van der Waals surface area contributed by atoms with Crippen LogP contribution >= 0.6 is 0 Å². The molecule has 1 aromatic rings. The van der Waals surface area contributed by atoms with Gasteiger partial charge in [0.15, 0.2) is 0 Å². The number of carbonyl (C=O) groups is 1. The highest BCUT2D eigenvalue weighted by molar-refractivity contribution is 5.75. The number of nitrogen functional groups attached to an aromatic ring is 1. The lowest BCUT2D eigenvalue weighted by Gasteiger charge is -2.08. The van der Waals surface area contributed by atoms with Gasteiger partial charge >= 0.3 is 5.97 Å². The van der Waals surface area contributed by atoms with Crippen LogP contribution in [0.3, 0.4) is 0 Å². The number of esters is 1. The molecular formula is C13H17NO4. The number of carbonyl (C=O) groups excluding carboxylic acids is 1. The maximum Gasteiger partial charge on any atom is 0.309 e. The van der Waals surface area contributed by atoms with Crippen molar-refractivity contribution in [3.8, 4) is 11.5 Å². The molecular weight excluding hydrogens is 234 g/mol. The molecule has 0 heterocycles. The summed E-state index contributed by atoms with van der Waals surface area (Å²) in [7, 11) is 2.98. The van der Waals surface area contributed by atoms with Gasteiger partial charge in [-0.3, -0.25) is 4.79 Å². The van der Waals surface area contributed by atoms with E-state index in [2.05, 4.69) is 4.74 Å². The Bertz CT molecular complexity index is 447. The van der Waals surface area contributed by atoms with E-state index >= 15 is 0 Å². The predicted molar refractivity (Wildman–Crippen MR) is 66.5 cm³/mol. The molecule has 0 aliphatic heterocycles. The van der Waals surface area contributed by atoms with Gasteiger partial charge in [-0.15, -0.1) is 0 Å². The summed E-state index contributed by atoms with van der Waals surface area (Å²) < 4.78 is 15.4. The van der Waals surface area contributed by atoms with E-state index in [1.807, 2.05) is 0 Å². The van der Waals surface area contributed by atoms with E-state index in [4.69, 9.17) is 15.2 Å². The second kappa shape index (κ2) is 5.16. The molecule has 0 bridgehead atoms. The van der Waals surface area contributed by atoms with Gasteiger partial charge in [0.05, 0.1) is 26.7 Å². The van der Waals surface area contributed by atoms with Crippen molar-refractivity contribution in [2.45, 2.75) is 6.42 Å². The van der Waals surface area contributed by atoms with E-state index in [-0.39, 0.29) is 17.8 Å². The highest BCUT2D eigenvalue weighted by Gasteiger charge is 2.44. The molecule has 5 nitrogen and oxygen atoms in total. The molecule has 0 spiro atoms. The van der Waals surface area contributed by atoms with Crippen molar-refractivity contribution in [1.82, 2.24) is 0 Å². The van der Waals surface area contributed by atoms with Gasteiger partial charge in [0.2, 0.25) is 0 Å². The van der Waals surface area contributed by atoms with Crippen LogP contribution in [0.15, 0.2) is 18.2 Å². The van der Waals surface area contributed by atoms with E-state index in [1.165, 1.54) is 7.11 Å². The van der Waals surface area contributed by atoms with Crippen molar-refractivity contribution in [2.75, 3.05) is 26.6 Å². The van der Waals surface area contributed by atoms with Gasteiger partial charge in [0.1, 0.15) is 11.5 Å². The molecule has 0 saturated heterocycles. The Kier molecular flexibility index (Phi) is 3.60. The average molecular weight is 251 g/mol. The third-order valence-electron chi connectivity index (χ3n) is 3.03. The Morgan fingerprint density at radius 3 is 2.72 bits per heavy atom. The van der Waals surface area contributed by atoms with Crippen molar-refractivity contribution in [1.29, 1.82) is 0 Å². The van der Waals surface area contributed by atoms with Crippen LogP contribution in [0.25, 0.3) is 0 Å². The SMILES string of the molecule is COC(=O)C1CC1COc1cc(N)cc(OC)c1. The molecule has 2 atom stereocenters. The molecule has 1 aliphatic rings. The van der Waals surface area contributed by atoms with Crippen LogP contribution in [-0.2, 0) is 9.53 Å². The van der Waals surface area contributed by atoms with Crippen LogP contribution < -0.4 is 15.2 Å². The molecule has 1 aromatic carbocycles. The van der Waals surface area contributed by atoms with Gasteiger partial charge in [-0.1, -0.05) is 0 Å². The molecule has 0 amide bonds. The quantitative estimate of drug-likeness (QED) is 0.633. The summed E-state index contributed by atoms with van der Waals surface area (Å²) in [4.78, 5) is 11.2. The Morgan fingerprint density at radius 2 is 2.06 bits per heavy atom. The Hall–Kier alpha value is -1.91. The highest BCUT2D eigenvalue weighted by Crippen LogP contribution is 2.39. The van der Waals surface area contributed by atoms with E-state index in [1.54, 1.807) is 25.3 Å². The van der Waals surface area contributed by atoms with Crippen molar-refractivity contribution in [3.05, 3.63) is 18.2 Å². The number of ether oxygens (including phenoxy) is 3. The van der Waals surface area contributed by atoms with Gasteiger partial charge in [0, 0.05) is 29.8 Å². The molecule has 2 unspecified atom stereocenters. The van der Waals surface area contributed by atoms with Crippen molar-refractivity contribution < 1.29 is 19.0 Å². The van der Waals surface area contributed by atoms with Gasteiger partial charge in [0.25, 0.3) is 0 Å². The normalized spacial score (nSPS) is 21.2. The third-order valence-corrected chi connectivity index (χ3v) is 3.03. The average Bonchev–Trinajstić information content (AvgIpc) is 3.14. The molecule has 18 heavy (non-hydrogen) atoms. The fourth-order valence-corrected chi connectivity index (χ4v) is 1.87. The molecule has 1 aliphatic carbocycles. The maximum absolute atomic E-state index is 11.2. The zero-order valence-corrected chi connectivity index (χ0v) is 10.5. The first-order valence-electron chi connectivity index (χ1n) is 5.79. The van der Waals surface area contributed by atoms with Crippen molar-refractivity contribution in [3.63, 3.8) is 0 Å². The van der Waals surface area contributed by atoms with Gasteiger partial charge in [-0.05, 0) is 6.42 Å². The molecule has 1 saturated carbocycles. The third kappa shape index (κ3) is 2.85. The van der Waals surface area contributed by atoms with Gasteiger partial charge < -0.3 is 19.9 Å². The first-order valence-corrected chi connectivity index (χ1v) is 5.79. The standard InChI is InChI=1S/C13H17NO4/c1-16-10-4-9(14)5-11(6-10)18-7-8-3-12(8)13(15)17-2/h4-6,8,12H,3,7,14H2,1-2H3. The number of rotatable bonds is 5. The second-order valence-corrected chi connectivity index (χ2v) is 4.38. The van der Waals surface area contributed by atoms with Crippen LogP contribution in [0.5, 0.6) is 11.5 Å². The monoisotopic (exact) mass is 251 g/mol. The lowest BCUT2D eigenvalue weighted by Crippen LogP contribution is -2.08. The number of methoxy groups -OCH3 is 2.